The maximum Gasteiger partial charge on any atom is 0.0937 e. The molecule has 2 heteroatoms. The highest BCUT2D eigenvalue weighted by Gasteiger charge is 2.04. The van der Waals surface area contributed by atoms with Crippen molar-refractivity contribution in [2.45, 2.75) is 6.92 Å². The number of aryl methyl sites for hydroxylation is 1. The van der Waals surface area contributed by atoms with Crippen molar-refractivity contribution in [1.29, 1.82) is 0 Å². The van der Waals surface area contributed by atoms with Crippen LogP contribution in [0.2, 0.25) is 0 Å². The van der Waals surface area contributed by atoms with Crippen molar-refractivity contribution in [3.8, 4) is 0 Å². The van der Waals surface area contributed by atoms with Gasteiger partial charge in [0.05, 0.1) is 11.2 Å². The fourth-order valence-electron chi connectivity index (χ4n) is 1.66. The molecule has 0 aliphatic heterocycles. The molecule has 72 valence electrons. The molecule has 0 aliphatic rings. The maximum absolute atomic E-state index is 4.42. The third-order valence-electron chi connectivity index (χ3n) is 2.45. The highest BCUT2D eigenvalue weighted by atomic mass is 15.1. The second kappa shape index (κ2) is 3.29. The first kappa shape index (κ1) is 9.00. The lowest BCUT2D eigenvalue weighted by Crippen LogP contribution is -2.09. The van der Waals surface area contributed by atoms with Crippen LogP contribution >= 0.6 is 0 Å². The van der Waals surface area contributed by atoms with Crippen molar-refractivity contribution in [3.05, 3.63) is 36.0 Å². The zero-order valence-electron chi connectivity index (χ0n) is 8.78. The Morgan fingerprint density at radius 2 is 1.93 bits per heavy atom. The van der Waals surface area contributed by atoms with Crippen LogP contribution in [-0.2, 0) is 0 Å². The molecule has 0 fully saturated rings. The van der Waals surface area contributed by atoms with Crippen LogP contribution < -0.4 is 4.90 Å². The molecule has 0 spiro atoms. The van der Waals surface area contributed by atoms with Gasteiger partial charge in [0.2, 0.25) is 0 Å². The van der Waals surface area contributed by atoms with Gasteiger partial charge in [-0.05, 0) is 24.6 Å². The molecule has 0 N–H and O–H groups in total. The number of benzene rings is 1. The van der Waals surface area contributed by atoms with Gasteiger partial charge in [-0.25, -0.2) is 0 Å². The highest BCUT2D eigenvalue weighted by Crippen LogP contribution is 2.25. The fraction of sp³-hybridized carbons (Fsp3) is 0.250. The molecule has 14 heavy (non-hydrogen) atoms. The van der Waals surface area contributed by atoms with Crippen molar-refractivity contribution >= 4 is 16.6 Å². The van der Waals surface area contributed by atoms with E-state index in [1.165, 1.54) is 16.6 Å². The van der Waals surface area contributed by atoms with E-state index in [2.05, 4.69) is 35.0 Å². The monoisotopic (exact) mass is 186 g/mol. The zero-order valence-corrected chi connectivity index (χ0v) is 8.78. The molecule has 0 bridgehead atoms. The molecule has 1 heterocycles. The van der Waals surface area contributed by atoms with Gasteiger partial charge in [0.15, 0.2) is 0 Å². The predicted molar refractivity (Wildman–Crippen MR) is 60.8 cm³/mol. The predicted octanol–water partition coefficient (Wildman–Crippen LogP) is 2.61. The normalized spacial score (nSPS) is 10.5. The summed E-state index contributed by atoms with van der Waals surface area (Å²) in [6, 6.07) is 8.35. The number of rotatable bonds is 1. The van der Waals surface area contributed by atoms with Crippen LogP contribution in [0.15, 0.2) is 30.5 Å². The molecule has 1 aromatic heterocycles. The maximum atomic E-state index is 4.42. The van der Waals surface area contributed by atoms with Crippen molar-refractivity contribution in [2.24, 2.45) is 0 Å². The van der Waals surface area contributed by atoms with Gasteiger partial charge in [0.1, 0.15) is 0 Å². The second-order valence-electron chi connectivity index (χ2n) is 3.70. The molecule has 0 atom stereocenters. The van der Waals surface area contributed by atoms with E-state index in [0.29, 0.717) is 0 Å². The summed E-state index contributed by atoms with van der Waals surface area (Å²) in [6.07, 6.45) is 1.84. The van der Waals surface area contributed by atoms with Crippen LogP contribution in [0.3, 0.4) is 0 Å². The third-order valence-corrected chi connectivity index (χ3v) is 2.45. The molecule has 2 aromatic rings. The molecule has 0 radical (unpaired) electrons. The third kappa shape index (κ3) is 1.33. The van der Waals surface area contributed by atoms with E-state index in [1.54, 1.807) is 0 Å². The first-order chi connectivity index (χ1) is 6.70. The minimum Gasteiger partial charge on any atom is -0.376 e. The molecular formula is C12H14N2. The summed E-state index contributed by atoms with van der Waals surface area (Å²) in [5, 5.41) is 1.23. The minimum atomic E-state index is 1.08. The van der Waals surface area contributed by atoms with E-state index in [-0.39, 0.29) is 0 Å². The number of hydrogen-bond acceptors (Lipinski definition) is 2. The van der Waals surface area contributed by atoms with E-state index >= 15 is 0 Å². The molecule has 2 rings (SSSR count). The molecule has 1 aromatic carbocycles. The first-order valence-electron chi connectivity index (χ1n) is 4.72. The Labute approximate surface area is 84.2 Å². The molecule has 0 saturated heterocycles. The van der Waals surface area contributed by atoms with Crippen LogP contribution in [0.1, 0.15) is 5.56 Å². The van der Waals surface area contributed by atoms with E-state index in [1.807, 2.05) is 26.4 Å². The lowest BCUT2D eigenvalue weighted by atomic mass is 10.1. The standard InChI is InChI=1S/C12H14N2/c1-9-6-7-11(14(2)3)12-10(9)5-4-8-13-12/h4-8H,1-3H3. The first-order valence-corrected chi connectivity index (χ1v) is 4.72. The summed E-state index contributed by atoms with van der Waals surface area (Å²) in [6.45, 7) is 2.11. The number of aromatic nitrogens is 1. The largest absolute Gasteiger partial charge is 0.376 e. The van der Waals surface area contributed by atoms with Crippen LogP contribution in [0.4, 0.5) is 5.69 Å². The summed E-state index contributed by atoms with van der Waals surface area (Å²) >= 11 is 0. The van der Waals surface area contributed by atoms with Crippen LogP contribution in [0.5, 0.6) is 0 Å². The summed E-state index contributed by atoms with van der Waals surface area (Å²) in [4.78, 5) is 6.51. The zero-order chi connectivity index (χ0) is 10.1. The van der Waals surface area contributed by atoms with E-state index in [9.17, 15) is 0 Å². The number of pyridine rings is 1. The lowest BCUT2D eigenvalue weighted by Gasteiger charge is -2.15. The average Bonchev–Trinajstić information content (AvgIpc) is 2.18. The number of hydrogen-bond donors (Lipinski definition) is 0. The van der Waals surface area contributed by atoms with Crippen molar-refractivity contribution in [3.63, 3.8) is 0 Å². The van der Waals surface area contributed by atoms with Gasteiger partial charge in [-0.15, -0.1) is 0 Å². The summed E-state index contributed by atoms with van der Waals surface area (Å²) in [5.41, 5.74) is 3.53. The molecule has 0 aliphatic carbocycles. The van der Waals surface area contributed by atoms with Gasteiger partial charge < -0.3 is 4.90 Å². The van der Waals surface area contributed by atoms with Crippen LogP contribution in [-0.4, -0.2) is 19.1 Å². The molecule has 0 saturated carbocycles. The van der Waals surface area contributed by atoms with Gasteiger partial charge in [-0.2, -0.15) is 0 Å². The summed E-state index contributed by atoms with van der Waals surface area (Å²) in [7, 11) is 4.08. The minimum absolute atomic E-state index is 1.08. The van der Waals surface area contributed by atoms with Gasteiger partial charge in [-0.3, -0.25) is 4.98 Å². The van der Waals surface area contributed by atoms with E-state index in [0.717, 1.165) is 5.52 Å². The average molecular weight is 186 g/mol. The van der Waals surface area contributed by atoms with Crippen molar-refractivity contribution in [1.82, 2.24) is 4.98 Å². The SMILES string of the molecule is Cc1ccc(N(C)C)c2ncccc12. The number of anilines is 1. The Hall–Kier alpha value is -1.57. The Kier molecular flexibility index (Phi) is 2.12. The Morgan fingerprint density at radius 1 is 1.14 bits per heavy atom. The van der Waals surface area contributed by atoms with E-state index < -0.39 is 0 Å². The summed E-state index contributed by atoms with van der Waals surface area (Å²) < 4.78 is 0. The fourth-order valence-corrected chi connectivity index (χ4v) is 1.66. The van der Waals surface area contributed by atoms with Crippen LogP contribution in [0, 0.1) is 6.92 Å². The smallest absolute Gasteiger partial charge is 0.0937 e. The topological polar surface area (TPSA) is 16.1 Å². The number of nitrogens with zero attached hydrogens (tertiary/aromatic N) is 2. The van der Waals surface area contributed by atoms with Gasteiger partial charge in [-0.1, -0.05) is 12.1 Å². The van der Waals surface area contributed by atoms with Crippen molar-refractivity contribution in [2.75, 3.05) is 19.0 Å². The molecule has 0 amide bonds. The van der Waals surface area contributed by atoms with Gasteiger partial charge in [0.25, 0.3) is 0 Å². The molecular weight excluding hydrogens is 172 g/mol. The van der Waals surface area contributed by atoms with Crippen molar-refractivity contribution < 1.29 is 0 Å². The Morgan fingerprint density at radius 3 is 2.64 bits per heavy atom. The van der Waals surface area contributed by atoms with Crippen LogP contribution in [0.25, 0.3) is 10.9 Å². The van der Waals surface area contributed by atoms with Gasteiger partial charge in [0, 0.05) is 25.7 Å². The lowest BCUT2D eigenvalue weighted by molar-refractivity contribution is 1.13. The molecule has 0 unspecified atom stereocenters. The second-order valence-corrected chi connectivity index (χ2v) is 3.70. The van der Waals surface area contributed by atoms with Gasteiger partial charge >= 0.3 is 0 Å². The quantitative estimate of drug-likeness (QED) is 0.680. The highest BCUT2D eigenvalue weighted by molar-refractivity contribution is 5.92. The molecule has 2 nitrogen and oxygen atoms in total. The summed E-state index contributed by atoms with van der Waals surface area (Å²) in [5.74, 6) is 0. The Bertz CT molecular complexity index is 461. The van der Waals surface area contributed by atoms with E-state index in [4.69, 9.17) is 0 Å². The Balaban J connectivity index is 2.82. The number of fused-ring (bicyclic) bond motifs is 1.